The molecule has 2 aliphatic rings. The van der Waals surface area contributed by atoms with Gasteiger partial charge in [-0.05, 0) is 38.0 Å². The van der Waals surface area contributed by atoms with Gasteiger partial charge in [-0.3, -0.25) is 4.79 Å². The topological polar surface area (TPSA) is 73.9 Å². The van der Waals surface area contributed by atoms with Crippen LogP contribution >= 0.6 is 0 Å². The average molecular weight is 448 g/mol. The normalized spacial score (nSPS) is 20.2. The Morgan fingerprint density at radius 1 is 0.970 bits per heavy atom. The highest BCUT2D eigenvalue weighted by atomic mass is 16.5. The monoisotopic (exact) mass is 447 g/mol. The quantitative estimate of drug-likeness (QED) is 0.651. The fourth-order valence-corrected chi connectivity index (χ4v) is 4.96. The van der Waals surface area contributed by atoms with Gasteiger partial charge in [-0.15, -0.1) is 0 Å². The third kappa shape index (κ3) is 4.13. The molecular formula is C27H29NO5. The van der Waals surface area contributed by atoms with Crippen LogP contribution in [0.1, 0.15) is 49.7 Å². The molecule has 2 unspecified atom stereocenters. The molecule has 4 rings (SSSR count). The van der Waals surface area contributed by atoms with Crippen molar-refractivity contribution < 1.29 is 23.8 Å². The van der Waals surface area contributed by atoms with Gasteiger partial charge >= 0.3 is 5.97 Å². The lowest BCUT2D eigenvalue weighted by Crippen LogP contribution is -2.36. The molecule has 6 nitrogen and oxygen atoms in total. The van der Waals surface area contributed by atoms with Gasteiger partial charge in [0.05, 0.1) is 32.3 Å². The van der Waals surface area contributed by atoms with Crippen molar-refractivity contribution in [3.8, 4) is 11.5 Å². The van der Waals surface area contributed by atoms with Crippen molar-refractivity contribution in [3.63, 3.8) is 0 Å². The number of esters is 1. The van der Waals surface area contributed by atoms with Crippen molar-refractivity contribution in [1.29, 1.82) is 0 Å². The van der Waals surface area contributed by atoms with Gasteiger partial charge < -0.3 is 19.5 Å². The van der Waals surface area contributed by atoms with Crippen LogP contribution in [0.3, 0.4) is 0 Å². The summed E-state index contributed by atoms with van der Waals surface area (Å²) in [6, 6.07) is 15.3. The Bertz CT molecular complexity index is 1150. The van der Waals surface area contributed by atoms with Crippen LogP contribution in [0.25, 0.3) is 0 Å². The molecule has 1 N–H and O–H groups in total. The standard InChI is InChI=1S/C27H29NO5/c1-5-33-27(30)24-16(2)28-20-14-17(18-10-6-8-12-22(18)31-3)15-21(29)26(20)25(24)19-11-7-9-13-23(19)32-4/h6-13,17,25,28H,5,14-15H2,1-4H3. The van der Waals surface area contributed by atoms with E-state index in [1.165, 1.54) is 0 Å². The van der Waals surface area contributed by atoms with E-state index in [0.29, 0.717) is 35.4 Å². The maximum absolute atomic E-state index is 13.7. The Kier molecular flexibility index (Phi) is 6.54. The molecule has 2 aromatic carbocycles. The Hall–Kier alpha value is -3.54. The number of benzene rings is 2. The number of carbonyl (C=O) groups excluding carboxylic acids is 2. The molecule has 0 saturated carbocycles. The van der Waals surface area contributed by atoms with Gasteiger partial charge in [0.1, 0.15) is 11.5 Å². The number of methoxy groups -OCH3 is 2. The molecule has 2 aromatic rings. The number of carbonyl (C=O) groups is 2. The van der Waals surface area contributed by atoms with Crippen LogP contribution in [-0.2, 0) is 14.3 Å². The number of ketones is 1. The van der Waals surface area contributed by atoms with Crippen molar-refractivity contribution in [3.05, 3.63) is 82.2 Å². The van der Waals surface area contributed by atoms with Crippen molar-refractivity contribution in [2.75, 3.05) is 20.8 Å². The number of rotatable bonds is 6. The SMILES string of the molecule is CCOC(=O)C1=C(C)NC2=C(C(=O)CC(c3ccccc3OC)C2)C1c1ccccc1OC. The van der Waals surface area contributed by atoms with Gasteiger partial charge in [-0.2, -0.15) is 0 Å². The van der Waals surface area contributed by atoms with Gasteiger partial charge in [0, 0.05) is 34.9 Å². The summed E-state index contributed by atoms with van der Waals surface area (Å²) in [5, 5.41) is 3.37. The largest absolute Gasteiger partial charge is 0.496 e. The van der Waals surface area contributed by atoms with Gasteiger partial charge in [-0.1, -0.05) is 36.4 Å². The Morgan fingerprint density at radius 2 is 1.58 bits per heavy atom. The molecular weight excluding hydrogens is 418 g/mol. The number of dihydropyridines is 1. The highest BCUT2D eigenvalue weighted by Gasteiger charge is 2.42. The predicted molar refractivity (Wildman–Crippen MR) is 125 cm³/mol. The fraction of sp³-hybridized carbons (Fsp3) is 0.333. The third-order valence-electron chi connectivity index (χ3n) is 6.35. The number of ether oxygens (including phenoxy) is 3. The van der Waals surface area contributed by atoms with Gasteiger partial charge in [0.25, 0.3) is 0 Å². The lowest BCUT2D eigenvalue weighted by atomic mass is 9.71. The van der Waals surface area contributed by atoms with E-state index in [0.717, 1.165) is 22.6 Å². The van der Waals surface area contributed by atoms with Crippen molar-refractivity contribution in [2.45, 2.75) is 38.5 Å². The summed E-state index contributed by atoms with van der Waals surface area (Å²) in [5.41, 5.74) is 4.37. The Labute approximate surface area is 194 Å². The lowest BCUT2D eigenvalue weighted by molar-refractivity contribution is -0.138. The first kappa shape index (κ1) is 22.6. The molecule has 0 fully saturated rings. The maximum Gasteiger partial charge on any atom is 0.336 e. The molecule has 1 aliphatic carbocycles. The lowest BCUT2D eigenvalue weighted by Gasteiger charge is -2.37. The van der Waals surface area contributed by atoms with Crippen LogP contribution in [0.15, 0.2) is 71.1 Å². The number of nitrogens with one attached hydrogen (secondary N) is 1. The molecule has 0 saturated heterocycles. The minimum Gasteiger partial charge on any atom is -0.496 e. The molecule has 0 aromatic heterocycles. The number of allylic oxidation sites excluding steroid dienone is 3. The first-order chi connectivity index (χ1) is 16.0. The summed E-state index contributed by atoms with van der Waals surface area (Å²) < 4.78 is 16.5. The summed E-state index contributed by atoms with van der Waals surface area (Å²) >= 11 is 0. The van der Waals surface area contributed by atoms with Crippen molar-refractivity contribution in [1.82, 2.24) is 5.32 Å². The average Bonchev–Trinajstić information content (AvgIpc) is 2.83. The Balaban J connectivity index is 1.84. The molecule has 1 heterocycles. The van der Waals surface area contributed by atoms with Crippen LogP contribution < -0.4 is 14.8 Å². The third-order valence-corrected chi connectivity index (χ3v) is 6.35. The number of hydrogen-bond donors (Lipinski definition) is 1. The summed E-state index contributed by atoms with van der Waals surface area (Å²) in [4.78, 5) is 26.7. The maximum atomic E-state index is 13.7. The molecule has 0 spiro atoms. The number of para-hydroxylation sites is 2. The van der Waals surface area contributed by atoms with E-state index in [4.69, 9.17) is 14.2 Å². The first-order valence-electron chi connectivity index (χ1n) is 11.2. The van der Waals surface area contributed by atoms with Crippen LogP contribution in [0, 0.1) is 0 Å². The molecule has 2 atom stereocenters. The number of hydrogen-bond acceptors (Lipinski definition) is 6. The fourth-order valence-electron chi connectivity index (χ4n) is 4.96. The summed E-state index contributed by atoms with van der Waals surface area (Å²) in [6.07, 6.45) is 0.974. The highest BCUT2D eigenvalue weighted by Crippen LogP contribution is 2.48. The molecule has 6 heteroatoms. The number of Topliss-reactive ketones (excluding diaryl/α,β-unsaturated/α-hetero) is 1. The zero-order valence-electron chi connectivity index (χ0n) is 19.4. The first-order valence-corrected chi connectivity index (χ1v) is 11.2. The van der Waals surface area contributed by atoms with E-state index in [9.17, 15) is 9.59 Å². The second-order valence-corrected chi connectivity index (χ2v) is 8.22. The molecule has 0 radical (unpaired) electrons. The van der Waals surface area contributed by atoms with Crippen LogP contribution in [0.2, 0.25) is 0 Å². The zero-order valence-corrected chi connectivity index (χ0v) is 19.4. The molecule has 0 bridgehead atoms. The summed E-state index contributed by atoms with van der Waals surface area (Å²) in [7, 11) is 3.24. The van der Waals surface area contributed by atoms with E-state index >= 15 is 0 Å². The van der Waals surface area contributed by atoms with Crippen molar-refractivity contribution >= 4 is 11.8 Å². The van der Waals surface area contributed by atoms with E-state index < -0.39 is 11.9 Å². The van der Waals surface area contributed by atoms with E-state index in [-0.39, 0.29) is 18.3 Å². The minimum absolute atomic E-state index is 0.00450. The predicted octanol–water partition coefficient (Wildman–Crippen LogP) is 4.63. The molecule has 1 aliphatic heterocycles. The second kappa shape index (κ2) is 9.53. The molecule has 0 amide bonds. The van der Waals surface area contributed by atoms with E-state index in [1.807, 2.05) is 55.5 Å². The summed E-state index contributed by atoms with van der Waals surface area (Å²) in [5.74, 6) is 0.411. The molecule has 33 heavy (non-hydrogen) atoms. The second-order valence-electron chi connectivity index (χ2n) is 8.22. The van der Waals surface area contributed by atoms with Crippen LogP contribution in [0.5, 0.6) is 11.5 Å². The van der Waals surface area contributed by atoms with Gasteiger partial charge in [0.2, 0.25) is 0 Å². The van der Waals surface area contributed by atoms with Gasteiger partial charge in [0.15, 0.2) is 5.78 Å². The van der Waals surface area contributed by atoms with E-state index in [2.05, 4.69) is 5.32 Å². The van der Waals surface area contributed by atoms with Crippen LogP contribution in [-0.4, -0.2) is 32.6 Å². The highest BCUT2D eigenvalue weighted by molar-refractivity contribution is 6.04. The van der Waals surface area contributed by atoms with E-state index in [1.54, 1.807) is 21.1 Å². The summed E-state index contributed by atoms with van der Waals surface area (Å²) in [6.45, 7) is 3.89. The molecule has 172 valence electrons. The van der Waals surface area contributed by atoms with Crippen molar-refractivity contribution in [2.24, 2.45) is 0 Å². The smallest absolute Gasteiger partial charge is 0.336 e. The zero-order chi connectivity index (χ0) is 23.5. The Morgan fingerprint density at radius 3 is 2.21 bits per heavy atom. The minimum atomic E-state index is -0.553. The van der Waals surface area contributed by atoms with Crippen LogP contribution in [0.4, 0.5) is 0 Å². The van der Waals surface area contributed by atoms with Gasteiger partial charge in [-0.25, -0.2) is 4.79 Å².